The van der Waals surface area contributed by atoms with Crippen LogP contribution in [0.3, 0.4) is 0 Å². The third kappa shape index (κ3) is 4.80. The van der Waals surface area contributed by atoms with Gasteiger partial charge in [-0.15, -0.1) is 0 Å². The van der Waals surface area contributed by atoms with Crippen LogP contribution in [0.15, 0.2) is 30.8 Å². The summed E-state index contributed by atoms with van der Waals surface area (Å²) in [6, 6.07) is 8.51. The lowest BCUT2D eigenvalue weighted by Crippen LogP contribution is -2.16. The highest BCUT2D eigenvalue weighted by Crippen LogP contribution is 2.05. The minimum absolute atomic E-state index is 0.778. The highest BCUT2D eigenvalue weighted by atomic mass is 14.8. The standard InChI is InChI=1S/C14H21N/c1-4-13-5-7-14(8-6-13)11-15-10-9-12(2)3/h4-8,12,15H,1,9-11H2,2-3H3. The summed E-state index contributed by atoms with van der Waals surface area (Å²) in [7, 11) is 0. The maximum atomic E-state index is 3.74. The van der Waals surface area contributed by atoms with Crippen molar-refractivity contribution in [1.29, 1.82) is 0 Å². The van der Waals surface area contributed by atoms with E-state index in [0.717, 1.165) is 19.0 Å². The average Bonchev–Trinajstić information content (AvgIpc) is 2.25. The number of nitrogens with one attached hydrogen (secondary N) is 1. The Labute approximate surface area is 93.2 Å². The van der Waals surface area contributed by atoms with Gasteiger partial charge in [-0.05, 0) is 30.0 Å². The van der Waals surface area contributed by atoms with E-state index >= 15 is 0 Å². The Bertz CT molecular complexity index is 285. The molecule has 1 heteroatoms. The van der Waals surface area contributed by atoms with Gasteiger partial charge in [0, 0.05) is 6.54 Å². The lowest BCUT2D eigenvalue weighted by atomic mass is 10.1. The predicted octanol–water partition coefficient (Wildman–Crippen LogP) is 3.47. The van der Waals surface area contributed by atoms with Crippen molar-refractivity contribution in [2.75, 3.05) is 6.54 Å². The van der Waals surface area contributed by atoms with Crippen molar-refractivity contribution in [3.05, 3.63) is 42.0 Å². The molecule has 0 saturated carbocycles. The molecule has 0 spiro atoms. The molecule has 0 aliphatic rings. The van der Waals surface area contributed by atoms with Crippen LogP contribution in [-0.4, -0.2) is 6.54 Å². The molecule has 1 nitrogen and oxygen atoms in total. The maximum absolute atomic E-state index is 3.74. The van der Waals surface area contributed by atoms with Gasteiger partial charge in [0.15, 0.2) is 0 Å². The van der Waals surface area contributed by atoms with Gasteiger partial charge in [-0.1, -0.05) is 50.8 Å². The fourth-order valence-corrected chi connectivity index (χ4v) is 1.40. The van der Waals surface area contributed by atoms with Crippen LogP contribution in [0, 0.1) is 5.92 Å². The van der Waals surface area contributed by atoms with E-state index in [2.05, 4.69) is 50.0 Å². The molecule has 0 radical (unpaired) electrons. The zero-order valence-electron chi connectivity index (χ0n) is 9.79. The van der Waals surface area contributed by atoms with E-state index < -0.39 is 0 Å². The van der Waals surface area contributed by atoms with Gasteiger partial charge in [-0.2, -0.15) is 0 Å². The minimum Gasteiger partial charge on any atom is -0.313 e. The van der Waals surface area contributed by atoms with Gasteiger partial charge in [-0.25, -0.2) is 0 Å². The Balaban J connectivity index is 2.28. The van der Waals surface area contributed by atoms with Crippen LogP contribution in [0.5, 0.6) is 0 Å². The summed E-state index contributed by atoms with van der Waals surface area (Å²) in [4.78, 5) is 0. The Kier molecular flexibility index (Phi) is 5.13. The number of benzene rings is 1. The van der Waals surface area contributed by atoms with Crippen molar-refractivity contribution in [1.82, 2.24) is 5.32 Å². The quantitative estimate of drug-likeness (QED) is 0.698. The largest absolute Gasteiger partial charge is 0.313 e. The van der Waals surface area contributed by atoms with E-state index in [1.54, 1.807) is 0 Å². The van der Waals surface area contributed by atoms with Gasteiger partial charge in [0.05, 0.1) is 0 Å². The molecule has 0 heterocycles. The summed E-state index contributed by atoms with van der Waals surface area (Å²) in [6.07, 6.45) is 3.11. The second-order valence-corrected chi connectivity index (χ2v) is 4.31. The fraction of sp³-hybridized carbons (Fsp3) is 0.429. The van der Waals surface area contributed by atoms with Crippen LogP contribution < -0.4 is 5.32 Å². The Morgan fingerprint density at radius 1 is 1.27 bits per heavy atom. The average molecular weight is 203 g/mol. The van der Waals surface area contributed by atoms with Crippen molar-refractivity contribution in [3.63, 3.8) is 0 Å². The normalized spacial score (nSPS) is 10.6. The first kappa shape index (κ1) is 12.0. The minimum atomic E-state index is 0.778. The Morgan fingerprint density at radius 3 is 2.47 bits per heavy atom. The van der Waals surface area contributed by atoms with Crippen molar-refractivity contribution in [2.45, 2.75) is 26.8 Å². The lowest BCUT2D eigenvalue weighted by Gasteiger charge is -2.07. The third-order valence-electron chi connectivity index (χ3n) is 2.44. The highest BCUT2D eigenvalue weighted by Gasteiger charge is 1.94. The van der Waals surface area contributed by atoms with Crippen molar-refractivity contribution >= 4 is 6.08 Å². The van der Waals surface area contributed by atoms with Gasteiger partial charge in [0.1, 0.15) is 0 Å². The van der Waals surface area contributed by atoms with E-state index in [4.69, 9.17) is 0 Å². The van der Waals surface area contributed by atoms with E-state index in [1.807, 2.05) is 6.08 Å². The van der Waals surface area contributed by atoms with Crippen molar-refractivity contribution in [3.8, 4) is 0 Å². The summed E-state index contributed by atoms with van der Waals surface area (Å²) in [5, 5.41) is 3.44. The fourth-order valence-electron chi connectivity index (χ4n) is 1.40. The zero-order chi connectivity index (χ0) is 11.1. The van der Waals surface area contributed by atoms with Gasteiger partial charge in [-0.3, -0.25) is 0 Å². The molecular formula is C14H21N. The monoisotopic (exact) mass is 203 g/mol. The van der Waals surface area contributed by atoms with E-state index in [9.17, 15) is 0 Å². The molecule has 0 aliphatic carbocycles. The maximum Gasteiger partial charge on any atom is 0.0205 e. The molecule has 1 N–H and O–H groups in total. The van der Waals surface area contributed by atoms with E-state index in [1.165, 1.54) is 17.5 Å². The highest BCUT2D eigenvalue weighted by molar-refractivity contribution is 5.47. The van der Waals surface area contributed by atoms with Crippen LogP contribution in [-0.2, 0) is 6.54 Å². The molecule has 15 heavy (non-hydrogen) atoms. The summed E-state index contributed by atoms with van der Waals surface area (Å²) < 4.78 is 0. The van der Waals surface area contributed by atoms with Crippen LogP contribution >= 0.6 is 0 Å². The van der Waals surface area contributed by atoms with E-state index in [-0.39, 0.29) is 0 Å². The zero-order valence-corrected chi connectivity index (χ0v) is 9.79. The Morgan fingerprint density at radius 2 is 1.93 bits per heavy atom. The summed E-state index contributed by atoms with van der Waals surface area (Å²) in [5.41, 5.74) is 2.52. The molecule has 1 aromatic rings. The van der Waals surface area contributed by atoms with Gasteiger partial charge < -0.3 is 5.32 Å². The van der Waals surface area contributed by atoms with Crippen molar-refractivity contribution in [2.24, 2.45) is 5.92 Å². The summed E-state index contributed by atoms with van der Waals surface area (Å²) >= 11 is 0. The molecule has 0 aromatic heterocycles. The molecule has 0 amide bonds. The van der Waals surface area contributed by atoms with Crippen LogP contribution in [0.4, 0.5) is 0 Å². The first-order valence-electron chi connectivity index (χ1n) is 5.64. The molecule has 0 atom stereocenters. The molecular weight excluding hydrogens is 182 g/mol. The molecule has 1 rings (SSSR count). The second-order valence-electron chi connectivity index (χ2n) is 4.31. The molecule has 82 valence electrons. The van der Waals surface area contributed by atoms with E-state index in [0.29, 0.717) is 0 Å². The van der Waals surface area contributed by atoms with Gasteiger partial charge in [0.2, 0.25) is 0 Å². The molecule has 0 bridgehead atoms. The smallest absolute Gasteiger partial charge is 0.0205 e. The number of hydrogen-bond acceptors (Lipinski definition) is 1. The molecule has 0 unspecified atom stereocenters. The van der Waals surface area contributed by atoms with Crippen LogP contribution in [0.2, 0.25) is 0 Å². The summed E-state index contributed by atoms with van der Waals surface area (Å²) in [5.74, 6) is 0.778. The second kappa shape index (κ2) is 6.41. The van der Waals surface area contributed by atoms with Crippen LogP contribution in [0.25, 0.3) is 6.08 Å². The first-order valence-corrected chi connectivity index (χ1v) is 5.64. The van der Waals surface area contributed by atoms with Crippen LogP contribution in [0.1, 0.15) is 31.4 Å². The third-order valence-corrected chi connectivity index (χ3v) is 2.44. The molecule has 0 saturated heterocycles. The molecule has 0 fully saturated rings. The first-order chi connectivity index (χ1) is 7.22. The SMILES string of the molecule is C=Cc1ccc(CNCCC(C)C)cc1. The van der Waals surface area contributed by atoms with Gasteiger partial charge >= 0.3 is 0 Å². The number of hydrogen-bond donors (Lipinski definition) is 1. The number of rotatable bonds is 6. The predicted molar refractivity (Wildman–Crippen MR) is 67.7 cm³/mol. The lowest BCUT2D eigenvalue weighted by molar-refractivity contribution is 0.537. The molecule has 1 aromatic carbocycles. The Hall–Kier alpha value is -1.08. The summed E-state index contributed by atoms with van der Waals surface area (Å²) in [6.45, 7) is 10.3. The van der Waals surface area contributed by atoms with Crippen molar-refractivity contribution < 1.29 is 0 Å². The topological polar surface area (TPSA) is 12.0 Å². The molecule has 0 aliphatic heterocycles. The van der Waals surface area contributed by atoms with Gasteiger partial charge in [0.25, 0.3) is 0 Å².